The molecule has 0 saturated heterocycles. The first kappa shape index (κ1) is 12.9. The van der Waals surface area contributed by atoms with Gasteiger partial charge in [0.1, 0.15) is 0 Å². The van der Waals surface area contributed by atoms with E-state index in [1.165, 1.54) is 6.20 Å². The van der Waals surface area contributed by atoms with Crippen molar-refractivity contribution in [3.63, 3.8) is 0 Å². The van der Waals surface area contributed by atoms with Crippen LogP contribution in [0.5, 0.6) is 0 Å². The number of nitrogens with two attached hydrogens (primary N) is 1. The zero-order valence-corrected chi connectivity index (χ0v) is 11.1. The summed E-state index contributed by atoms with van der Waals surface area (Å²) in [6, 6.07) is 10.6. The highest BCUT2D eigenvalue weighted by atomic mass is 16.5. The first-order valence-electron chi connectivity index (χ1n) is 6.32. The molecule has 21 heavy (non-hydrogen) atoms. The maximum atomic E-state index is 12.0. The Morgan fingerprint density at radius 3 is 3.00 bits per heavy atom. The van der Waals surface area contributed by atoms with Gasteiger partial charge in [0.05, 0.1) is 18.4 Å². The summed E-state index contributed by atoms with van der Waals surface area (Å²) in [5.74, 6) is 0.299. The van der Waals surface area contributed by atoms with E-state index >= 15 is 0 Å². The molecule has 0 spiro atoms. The van der Waals surface area contributed by atoms with Gasteiger partial charge in [-0.15, -0.1) is 0 Å². The van der Waals surface area contributed by atoms with Crippen molar-refractivity contribution < 1.29 is 9.32 Å². The van der Waals surface area contributed by atoms with Crippen molar-refractivity contribution in [2.45, 2.75) is 6.54 Å². The monoisotopic (exact) mass is 283 g/mol. The fourth-order valence-electron chi connectivity index (χ4n) is 1.85. The summed E-state index contributed by atoms with van der Waals surface area (Å²) in [6.07, 6.45) is 3.23. The number of benzene rings is 1. The second kappa shape index (κ2) is 5.49. The van der Waals surface area contributed by atoms with Gasteiger partial charge in [-0.2, -0.15) is 5.10 Å². The SMILES string of the molecule is Nc1cccc(-n2ccc(C(=O)NCc3ccno3)n2)c1. The van der Waals surface area contributed by atoms with Gasteiger partial charge in [0.15, 0.2) is 11.5 Å². The molecule has 106 valence electrons. The van der Waals surface area contributed by atoms with Crippen molar-refractivity contribution in [2.75, 3.05) is 5.73 Å². The van der Waals surface area contributed by atoms with E-state index in [2.05, 4.69) is 15.6 Å². The van der Waals surface area contributed by atoms with Crippen LogP contribution < -0.4 is 11.1 Å². The van der Waals surface area contributed by atoms with Crippen LogP contribution in [0, 0.1) is 0 Å². The minimum atomic E-state index is -0.283. The van der Waals surface area contributed by atoms with E-state index in [0.717, 1.165) is 5.69 Å². The lowest BCUT2D eigenvalue weighted by Gasteiger charge is -2.02. The van der Waals surface area contributed by atoms with E-state index in [9.17, 15) is 4.79 Å². The van der Waals surface area contributed by atoms with Crippen molar-refractivity contribution in [3.8, 4) is 5.69 Å². The summed E-state index contributed by atoms with van der Waals surface area (Å²) in [4.78, 5) is 12.0. The van der Waals surface area contributed by atoms with Crippen LogP contribution in [-0.2, 0) is 6.54 Å². The van der Waals surface area contributed by atoms with Gasteiger partial charge in [0.25, 0.3) is 5.91 Å². The Labute approximate surface area is 120 Å². The highest BCUT2D eigenvalue weighted by molar-refractivity contribution is 5.92. The number of nitrogens with zero attached hydrogens (tertiary/aromatic N) is 3. The van der Waals surface area contributed by atoms with Gasteiger partial charge in [-0.1, -0.05) is 11.2 Å². The quantitative estimate of drug-likeness (QED) is 0.704. The zero-order chi connectivity index (χ0) is 14.7. The normalized spacial score (nSPS) is 10.5. The second-order valence-corrected chi connectivity index (χ2v) is 4.40. The Hall–Kier alpha value is -3.09. The molecule has 3 aromatic rings. The maximum absolute atomic E-state index is 12.0. The number of nitrogens with one attached hydrogen (secondary N) is 1. The van der Waals surface area contributed by atoms with Gasteiger partial charge < -0.3 is 15.6 Å². The van der Waals surface area contributed by atoms with Crippen LogP contribution in [-0.4, -0.2) is 20.8 Å². The van der Waals surface area contributed by atoms with Gasteiger partial charge in [-0.3, -0.25) is 4.79 Å². The van der Waals surface area contributed by atoms with Crippen LogP contribution in [0.2, 0.25) is 0 Å². The van der Waals surface area contributed by atoms with Gasteiger partial charge in [0.2, 0.25) is 0 Å². The first-order valence-corrected chi connectivity index (χ1v) is 6.32. The fraction of sp³-hybridized carbons (Fsp3) is 0.0714. The summed E-state index contributed by atoms with van der Waals surface area (Å²) < 4.78 is 6.50. The minimum absolute atomic E-state index is 0.268. The number of hydrogen-bond donors (Lipinski definition) is 2. The summed E-state index contributed by atoms with van der Waals surface area (Å²) >= 11 is 0. The molecule has 7 nitrogen and oxygen atoms in total. The van der Waals surface area contributed by atoms with Crippen LogP contribution in [0.25, 0.3) is 5.69 Å². The van der Waals surface area contributed by atoms with Gasteiger partial charge in [-0.25, -0.2) is 4.68 Å². The van der Waals surface area contributed by atoms with Crippen LogP contribution >= 0.6 is 0 Å². The number of hydrogen-bond acceptors (Lipinski definition) is 5. The van der Waals surface area contributed by atoms with Crippen molar-refractivity contribution in [1.82, 2.24) is 20.3 Å². The summed E-state index contributed by atoms with van der Waals surface area (Å²) in [7, 11) is 0. The van der Waals surface area contributed by atoms with E-state index in [-0.39, 0.29) is 12.5 Å². The smallest absolute Gasteiger partial charge is 0.272 e. The molecule has 0 bridgehead atoms. The second-order valence-electron chi connectivity index (χ2n) is 4.40. The van der Waals surface area contributed by atoms with Crippen molar-refractivity contribution in [3.05, 3.63) is 60.2 Å². The topological polar surface area (TPSA) is 99.0 Å². The number of aromatic nitrogens is 3. The Morgan fingerprint density at radius 1 is 1.33 bits per heavy atom. The van der Waals surface area contributed by atoms with Crippen molar-refractivity contribution >= 4 is 11.6 Å². The Morgan fingerprint density at radius 2 is 2.24 bits per heavy atom. The lowest BCUT2D eigenvalue weighted by molar-refractivity contribution is 0.0941. The molecule has 0 radical (unpaired) electrons. The lowest BCUT2D eigenvalue weighted by Crippen LogP contribution is -2.23. The molecule has 7 heteroatoms. The van der Waals surface area contributed by atoms with E-state index < -0.39 is 0 Å². The molecular weight excluding hydrogens is 270 g/mol. The van der Waals surface area contributed by atoms with Crippen LogP contribution in [0.4, 0.5) is 5.69 Å². The highest BCUT2D eigenvalue weighted by Crippen LogP contribution is 2.11. The molecule has 3 N–H and O–H groups in total. The van der Waals surface area contributed by atoms with Gasteiger partial charge >= 0.3 is 0 Å². The number of amides is 1. The highest BCUT2D eigenvalue weighted by Gasteiger charge is 2.10. The van der Waals surface area contributed by atoms with E-state index in [4.69, 9.17) is 10.3 Å². The molecule has 0 aliphatic heterocycles. The summed E-state index contributed by atoms with van der Waals surface area (Å²) in [6.45, 7) is 0.268. The van der Waals surface area contributed by atoms with Gasteiger partial charge in [-0.05, 0) is 24.3 Å². The summed E-state index contributed by atoms with van der Waals surface area (Å²) in [5, 5.41) is 10.5. The molecule has 1 amide bonds. The molecule has 0 fully saturated rings. The number of anilines is 1. The molecule has 0 aliphatic carbocycles. The largest absolute Gasteiger partial charge is 0.399 e. The average molecular weight is 283 g/mol. The number of carbonyl (C=O) groups excluding carboxylic acids is 1. The van der Waals surface area contributed by atoms with Crippen LogP contribution in [0.3, 0.4) is 0 Å². The summed E-state index contributed by atoms with van der Waals surface area (Å²) in [5.41, 5.74) is 7.48. The van der Waals surface area contributed by atoms with Crippen molar-refractivity contribution in [1.29, 1.82) is 0 Å². The maximum Gasteiger partial charge on any atom is 0.272 e. The molecule has 0 aliphatic rings. The number of rotatable bonds is 4. The predicted molar refractivity (Wildman–Crippen MR) is 75.6 cm³/mol. The first-order chi connectivity index (χ1) is 10.2. The van der Waals surface area contributed by atoms with E-state index in [1.807, 2.05) is 12.1 Å². The van der Waals surface area contributed by atoms with Gasteiger partial charge in [0, 0.05) is 18.0 Å². The average Bonchev–Trinajstić information content (AvgIpc) is 3.16. The molecule has 3 rings (SSSR count). The zero-order valence-electron chi connectivity index (χ0n) is 11.1. The lowest BCUT2D eigenvalue weighted by atomic mass is 10.3. The molecule has 0 atom stereocenters. The third-order valence-corrected chi connectivity index (χ3v) is 2.87. The third kappa shape index (κ3) is 2.92. The standard InChI is InChI=1S/C14H13N5O2/c15-10-2-1-3-11(8-10)19-7-5-13(18-19)14(20)16-9-12-4-6-17-21-12/h1-8H,9,15H2,(H,16,20). The number of nitrogen functional groups attached to an aromatic ring is 1. The Kier molecular flexibility index (Phi) is 3.38. The molecule has 0 saturated carbocycles. The predicted octanol–water partition coefficient (Wildman–Crippen LogP) is 1.37. The van der Waals surface area contributed by atoms with Crippen LogP contribution in [0.1, 0.15) is 16.2 Å². The molecule has 1 aromatic carbocycles. The van der Waals surface area contributed by atoms with E-state index in [0.29, 0.717) is 17.1 Å². The van der Waals surface area contributed by atoms with Crippen LogP contribution in [0.15, 0.2) is 53.3 Å². The fourth-order valence-corrected chi connectivity index (χ4v) is 1.85. The van der Waals surface area contributed by atoms with Crippen molar-refractivity contribution in [2.24, 2.45) is 0 Å². The van der Waals surface area contributed by atoms with E-state index in [1.54, 1.807) is 35.1 Å². The molecule has 2 aromatic heterocycles. The molecule has 0 unspecified atom stereocenters. The number of carbonyl (C=O) groups is 1. The third-order valence-electron chi connectivity index (χ3n) is 2.87. The molecule has 2 heterocycles. The Balaban J connectivity index is 1.71. The Bertz CT molecular complexity index is 748. The minimum Gasteiger partial charge on any atom is -0.399 e. The molecular formula is C14H13N5O2.